The molecule has 1 aromatic heterocycles. The summed E-state index contributed by atoms with van der Waals surface area (Å²) in [5.41, 5.74) is 1.56. The lowest BCUT2D eigenvalue weighted by molar-refractivity contribution is -0.139. The fourth-order valence-electron chi connectivity index (χ4n) is 4.00. The van der Waals surface area contributed by atoms with E-state index < -0.39 is 12.0 Å². The number of rotatable bonds is 7. The Morgan fingerprint density at radius 3 is 2.58 bits per heavy atom. The van der Waals surface area contributed by atoms with Gasteiger partial charge in [-0.15, -0.1) is 0 Å². The third-order valence-corrected chi connectivity index (χ3v) is 7.04. The minimum Gasteiger partial charge on any atom is -0.504 e. The van der Waals surface area contributed by atoms with Gasteiger partial charge in [-0.3, -0.25) is 9.36 Å². The van der Waals surface area contributed by atoms with E-state index in [9.17, 15) is 14.7 Å². The number of carbonyl (C=O) groups excluding carboxylic acids is 1. The molecule has 188 valence electrons. The van der Waals surface area contributed by atoms with E-state index in [4.69, 9.17) is 14.2 Å². The van der Waals surface area contributed by atoms with E-state index >= 15 is 0 Å². The van der Waals surface area contributed by atoms with Crippen LogP contribution in [0.1, 0.15) is 37.9 Å². The molecule has 0 amide bonds. The largest absolute Gasteiger partial charge is 0.504 e. The first-order chi connectivity index (χ1) is 17.3. The molecule has 0 bridgehead atoms. The third kappa shape index (κ3) is 4.83. The van der Waals surface area contributed by atoms with Crippen molar-refractivity contribution in [2.24, 2.45) is 4.99 Å². The number of phenols is 1. The lowest BCUT2D eigenvalue weighted by Crippen LogP contribution is -2.39. The highest BCUT2D eigenvalue weighted by Gasteiger charge is 2.33. The minimum atomic E-state index is -0.733. The summed E-state index contributed by atoms with van der Waals surface area (Å²) in [4.78, 5) is 31.7. The lowest BCUT2D eigenvalue weighted by atomic mass is 9.96. The average molecular weight is 573 g/mol. The van der Waals surface area contributed by atoms with Crippen LogP contribution in [0.4, 0.5) is 0 Å². The van der Waals surface area contributed by atoms with Crippen molar-refractivity contribution in [3.63, 3.8) is 0 Å². The first-order valence-electron chi connectivity index (χ1n) is 11.3. The van der Waals surface area contributed by atoms with Gasteiger partial charge in [-0.05, 0) is 56.7 Å². The Bertz CT molecular complexity index is 1520. The maximum Gasteiger partial charge on any atom is 0.338 e. The number of fused-ring (bicyclic) bond motifs is 1. The number of benzene rings is 2. The average Bonchev–Trinajstić information content (AvgIpc) is 3.15. The Morgan fingerprint density at radius 1 is 1.22 bits per heavy atom. The summed E-state index contributed by atoms with van der Waals surface area (Å²) in [5, 5.41) is 10.7. The van der Waals surface area contributed by atoms with Crippen molar-refractivity contribution in [3.05, 3.63) is 83.0 Å². The lowest BCUT2D eigenvalue weighted by Gasteiger charge is -2.24. The predicted octanol–water partition coefficient (Wildman–Crippen LogP) is 3.67. The fraction of sp³-hybridized carbons (Fsp3) is 0.269. The molecular formula is C26H25BrN2O6S. The number of methoxy groups -OCH3 is 1. The topological polar surface area (TPSA) is 99.4 Å². The summed E-state index contributed by atoms with van der Waals surface area (Å²) >= 11 is 4.60. The molecule has 0 spiro atoms. The molecule has 4 rings (SSSR count). The summed E-state index contributed by atoms with van der Waals surface area (Å²) in [6.07, 6.45) is 1.60. The Labute approximate surface area is 219 Å². The highest BCUT2D eigenvalue weighted by atomic mass is 79.9. The number of aromatic hydroxyl groups is 1. The molecule has 1 aliphatic heterocycles. The van der Waals surface area contributed by atoms with Crippen LogP contribution in [0.15, 0.2) is 61.9 Å². The number of hydrogen-bond donors (Lipinski definition) is 1. The van der Waals surface area contributed by atoms with E-state index in [0.717, 1.165) is 0 Å². The highest BCUT2D eigenvalue weighted by Crippen LogP contribution is 2.35. The number of nitrogens with zero attached hydrogens (tertiary/aromatic N) is 2. The standard InChI is InChI=1S/C26H25BrN2O6S/c1-5-34-19-13-17(27)11-16(23(19)30)12-20-24(31)29-22(15-7-9-18(33-4)10-8-15)21(25(32)35-6-2)14(3)28-26(29)36-20/h7-13,22,30H,5-6H2,1-4H3/b20-12-/t22-/m0/s1. The van der Waals surface area contributed by atoms with Gasteiger partial charge < -0.3 is 19.3 Å². The van der Waals surface area contributed by atoms with Crippen molar-refractivity contribution in [1.82, 2.24) is 4.57 Å². The molecule has 2 heterocycles. The summed E-state index contributed by atoms with van der Waals surface area (Å²) in [6, 6.07) is 9.81. The normalized spacial score (nSPS) is 15.4. The second-order valence-electron chi connectivity index (χ2n) is 7.85. The van der Waals surface area contributed by atoms with Crippen molar-refractivity contribution >= 4 is 39.3 Å². The first kappa shape index (κ1) is 25.7. The molecule has 0 fully saturated rings. The number of phenolic OH excluding ortho intramolecular Hbond substituents is 1. The number of thiazole rings is 1. The van der Waals surface area contributed by atoms with Gasteiger partial charge in [0.05, 0.1) is 42.2 Å². The highest BCUT2D eigenvalue weighted by molar-refractivity contribution is 9.10. The van der Waals surface area contributed by atoms with Crippen molar-refractivity contribution in [1.29, 1.82) is 0 Å². The van der Waals surface area contributed by atoms with E-state index in [2.05, 4.69) is 20.9 Å². The quantitative estimate of drug-likeness (QED) is 0.434. The van der Waals surface area contributed by atoms with E-state index in [1.54, 1.807) is 51.3 Å². The van der Waals surface area contributed by atoms with Crippen LogP contribution in [0.2, 0.25) is 0 Å². The van der Waals surface area contributed by atoms with Gasteiger partial charge in [0, 0.05) is 10.0 Å². The van der Waals surface area contributed by atoms with Gasteiger partial charge in [0.1, 0.15) is 5.75 Å². The molecule has 0 saturated carbocycles. The molecule has 1 aliphatic rings. The summed E-state index contributed by atoms with van der Waals surface area (Å²) in [7, 11) is 1.57. The van der Waals surface area contributed by atoms with E-state index in [1.165, 1.54) is 15.9 Å². The number of carbonyl (C=O) groups is 1. The number of esters is 1. The molecule has 10 heteroatoms. The molecular weight excluding hydrogens is 548 g/mol. The molecule has 8 nitrogen and oxygen atoms in total. The molecule has 3 aromatic rings. The number of halogens is 1. The molecule has 1 N–H and O–H groups in total. The summed E-state index contributed by atoms with van der Waals surface area (Å²) < 4.78 is 18.6. The molecule has 1 atom stereocenters. The van der Waals surface area contributed by atoms with Crippen LogP contribution in [0, 0.1) is 0 Å². The number of hydrogen-bond acceptors (Lipinski definition) is 8. The van der Waals surface area contributed by atoms with Crippen LogP contribution in [-0.2, 0) is 9.53 Å². The van der Waals surface area contributed by atoms with Crippen molar-refractivity contribution in [2.75, 3.05) is 20.3 Å². The van der Waals surface area contributed by atoms with Gasteiger partial charge in [-0.2, -0.15) is 0 Å². The Hall–Kier alpha value is -3.37. The maximum absolute atomic E-state index is 13.7. The number of allylic oxidation sites excluding steroid dienone is 1. The summed E-state index contributed by atoms with van der Waals surface area (Å²) in [6.45, 7) is 5.85. The maximum atomic E-state index is 13.7. The number of aromatic nitrogens is 1. The molecule has 0 radical (unpaired) electrons. The monoisotopic (exact) mass is 572 g/mol. The van der Waals surface area contributed by atoms with Crippen LogP contribution in [-0.4, -0.2) is 36.0 Å². The van der Waals surface area contributed by atoms with E-state index in [1.807, 2.05) is 19.1 Å². The Kier molecular flexibility index (Phi) is 7.65. The third-order valence-electron chi connectivity index (χ3n) is 5.60. The second kappa shape index (κ2) is 10.7. The first-order valence-corrected chi connectivity index (χ1v) is 12.9. The number of ether oxygens (including phenoxy) is 3. The zero-order valence-electron chi connectivity index (χ0n) is 20.2. The zero-order chi connectivity index (χ0) is 26.0. The predicted molar refractivity (Wildman–Crippen MR) is 140 cm³/mol. The van der Waals surface area contributed by atoms with Crippen LogP contribution >= 0.6 is 27.3 Å². The van der Waals surface area contributed by atoms with Crippen molar-refractivity contribution in [3.8, 4) is 17.2 Å². The Balaban J connectivity index is 1.95. The van der Waals surface area contributed by atoms with Crippen molar-refractivity contribution < 1.29 is 24.1 Å². The fourth-order valence-corrected chi connectivity index (χ4v) is 5.50. The van der Waals surface area contributed by atoms with E-state index in [-0.39, 0.29) is 17.9 Å². The van der Waals surface area contributed by atoms with Gasteiger partial charge in [0.25, 0.3) is 5.56 Å². The van der Waals surface area contributed by atoms with Crippen LogP contribution < -0.4 is 24.4 Å². The van der Waals surface area contributed by atoms with Gasteiger partial charge in [0.2, 0.25) is 0 Å². The van der Waals surface area contributed by atoms with Crippen LogP contribution in [0.25, 0.3) is 6.08 Å². The van der Waals surface area contributed by atoms with Gasteiger partial charge in [-0.1, -0.05) is 39.4 Å². The SMILES string of the molecule is CCOC(=O)C1=C(C)N=c2s/c(=C\c3cc(Br)cc(OCC)c3O)c(=O)n2[C@H]1c1ccc(OC)cc1. The smallest absolute Gasteiger partial charge is 0.338 e. The van der Waals surface area contributed by atoms with Gasteiger partial charge in [-0.25, -0.2) is 9.79 Å². The Morgan fingerprint density at radius 2 is 1.94 bits per heavy atom. The zero-order valence-corrected chi connectivity index (χ0v) is 22.6. The van der Waals surface area contributed by atoms with Crippen LogP contribution in [0.5, 0.6) is 17.2 Å². The minimum absolute atomic E-state index is 0.0685. The molecule has 36 heavy (non-hydrogen) atoms. The molecule has 0 unspecified atom stereocenters. The van der Waals surface area contributed by atoms with Gasteiger partial charge in [0.15, 0.2) is 16.3 Å². The van der Waals surface area contributed by atoms with Gasteiger partial charge >= 0.3 is 5.97 Å². The molecule has 0 aliphatic carbocycles. The van der Waals surface area contributed by atoms with Crippen molar-refractivity contribution in [2.45, 2.75) is 26.8 Å². The second-order valence-corrected chi connectivity index (χ2v) is 9.77. The van der Waals surface area contributed by atoms with Crippen LogP contribution in [0.3, 0.4) is 0 Å². The molecule has 2 aromatic carbocycles. The molecule has 0 saturated heterocycles. The summed E-state index contributed by atoms with van der Waals surface area (Å²) in [5.74, 6) is 0.364. The van der Waals surface area contributed by atoms with E-state index in [0.29, 0.717) is 54.3 Å².